The summed E-state index contributed by atoms with van der Waals surface area (Å²) in [6.45, 7) is 0.891. The van der Waals surface area contributed by atoms with Crippen LogP contribution < -0.4 is 5.32 Å². The maximum Gasteiger partial charge on any atom is 0.251 e. The Morgan fingerprint density at radius 3 is 2.88 bits per heavy atom. The van der Waals surface area contributed by atoms with Gasteiger partial charge in [-0.15, -0.1) is 0 Å². The van der Waals surface area contributed by atoms with Crippen molar-refractivity contribution in [1.82, 2.24) is 10.2 Å². The van der Waals surface area contributed by atoms with Gasteiger partial charge in [0, 0.05) is 32.4 Å². The Kier molecular flexibility index (Phi) is 4.70. The van der Waals surface area contributed by atoms with Gasteiger partial charge >= 0.3 is 0 Å². The maximum absolute atomic E-state index is 11.7. The van der Waals surface area contributed by atoms with E-state index >= 15 is 0 Å². The van der Waals surface area contributed by atoms with E-state index < -0.39 is 0 Å². The smallest absolute Gasteiger partial charge is 0.251 e. The van der Waals surface area contributed by atoms with Gasteiger partial charge in [0.1, 0.15) is 6.10 Å². The van der Waals surface area contributed by atoms with Crippen molar-refractivity contribution in [2.45, 2.75) is 37.5 Å². The molecule has 2 fully saturated rings. The van der Waals surface area contributed by atoms with E-state index in [9.17, 15) is 4.79 Å². The van der Waals surface area contributed by atoms with Gasteiger partial charge in [-0.3, -0.25) is 4.79 Å². The highest BCUT2D eigenvalue weighted by atomic mass is 32.2. The first-order chi connectivity index (χ1) is 8.16. The molecule has 0 saturated carbocycles. The van der Waals surface area contributed by atoms with Crippen molar-refractivity contribution in [2.24, 2.45) is 0 Å². The standard InChI is InChI=1S/C12H22N2O2S/c1-14(2)12(15)11-4-3-10(16-11)7-13-9-5-6-17-8-9/h9-11,13H,3-8H2,1-2H3/t9-,10-,11+/m1/s1. The van der Waals surface area contributed by atoms with Crippen LogP contribution in [0.4, 0.5) is 0 Å². The molecule has 3 atom stereocenters. The first kappa shape index (κ1) is 13.2. The molecule has 0 aliphatic carbocycles. The van der Waals surface area contributed by atoms with Crippen LogP contribution in [0.3, 0.4) is 0 Å². The molecule has 1 amide bonds. The van der Waals surface area contributed by atoms with E-state index in [0.29, 0.717) is 6.04 Å². The van der Waals surface area contributed by atoms with E-state index in [1.54, 1.807) is 19.0 Å². The molecule has 2 heterocycles. The van der Waals surface area contributed by atoms with Crippen LogP contribution in [-0.2, 0) is 9.53 Å². The van der Waals surface area contributed by atoms with Gasteiger partial charge in [-0.05, 0) is 25.0 Å². The van der Waals surface area contributed by atoms with Gasteiger partial charge in [0.15, 0.2) is 0 Å². The lowest BCUT2D eigenvalue weighted by molar-refractivity contribution is -0.140. The number of ether oxygens (including phenoxy) is 1. The summed E-state index contributed by atoms with van der Waals surface area (Å²) in [6, 6.07) is 0.646. The summed E-state index contributed by atoms with van der Waals surface area (Å²) in [7, 11) is 3.57. The minimum atomic E-state index is -0.213. The predicted octanol–water partition coefficient (Wildman–Crippen LogP) is 0.717. The van der Waals surface area contributed by atoms with Crippen molar-refractivity contribution in [3.63, 3.8) is 0 Å². The number of rotatable bonds is 4. The average molecular weight is 258 g/mol. The van der Waals surface area contributed by atoms with Crippen LogP contribution in [0.25, 0.3) is 0 Å². The molecule has 0 aromatic heterocycles. The minimum absolute atomic E-state index is 0.101. The molecule has 0 aromatic rings. The lowest BCUT2D eigenvalue weighted by Gasteiger charge is -2.18. The summed E-state index contributed by atoms with van der Waals surface area (Å²) < 4.78 is 5.78. The number of hydrogen-bond acceptors (Lipinski definition) is 4. The van der Waals surface area contributed by atoms with Crippen molar-refractivity contribution in [3.8, 4) is 0 Å². The van der Waals surface area contributed by atoms with Crippen LogP contribution in [0.2, 0.25) is 0 Å². The molecule has 98 valence electrons. The third kappa shape index (κ3) is 3.60. The van der Waals surface area contributed by atoms with E-state index in [4.69, 9.17) is 4.74 Å². The number of likely N-dealkylation sites (N-methyl/N-ethyl adjacent to an activating group) is 1. The van der Waals surface area contributed by atoms with Gasteiger partial charge in [0.25, 0.3) is 5.91 Å². The Labute approximate surface area is 107 Å². The number of carbonyl (C=O) groups excluding carboxylic acids is 1. The third-order valence-electron chi connectivity index (χ3n) is 3.39. The number of nitrogens with zero attached hydrogens (tertiary/aromatic N) is 1. The van der Waals surface area contributed by atoms with Crippen molar-refractivity contribution >= 4 is 17.7 Å². The van der Waals surface area contributed by atoms with Gasteiger partial charge in [0.2, 0.25) is 0 Å². The summed E-state index contributed by atoms with van der Waals surface area (Å²) in [5.41, 5.74) is 0. The Bertz CT molecular complexity index is 267. The molecular formula is C12H22N2O2S. The molecule has 0 spiro atoms. The molecule has 2 saturated heterocycles. The zero-order valence-electron chi connectivity index (χ0n) is 10.6. The fourth-order valence-corrected chi connectivity index (χ4v) is 3.51. The lowest BCUT2D eigenvalue weighted by atomic mass is 10.1. The highest BCUT2D eigenvalue weighted by Gasteiger charge is 2.31. The van der Waals surface area contributed by atoms with E-state index in [1.807, 2.05) is 11.8 Å². The van der Waals surface area contributed by atoms with Gasteiger partial charge in [0.05, 0.1) is 6.10 Å². The van der Waals surface area contributed by atoms with Gasteiger partial charge in [-0.1, -0.05) is 0 Å². The van der Waals surface area contributed by atoms with Crippen molar-refractivity contribution < 1.29 is 9.53 Å². The Hall–Kier alpha value is -0.260. The second kappa shape index (κ2) is 6.07. The zero-order chi connectivity index (χ0) is 12.3. The van der Waals surface area contributed by atoms with Crippen LogP contribution in [0, 0.1) is 0 Å². The normalized spacial score (nSPS) is 32.9. The Morgan fingerprint density at radius 1 is 1.41 bits per heavy atom. The molecule has 17 heavy (non-hydrogen) atoms. The molecule has 2 rings (SSSR count). The molecule has 5 heteroatoms. The number of hydrogen-bond donors (Lipinski definition) is 1. The van der Waals surface area contributed by atoms with E-state index in [1.165, 1.54) is 17.9 Å². The van der Waals surface area contributed by atoms with Crippen molar-refractivity contribution in [2.75, 3.05) is 32.1 Å². The SMILES string of the molecule is CN(C)C(=O)[C@@H]1CC[C@H](CN[C@@H]2CCSC2)O1. The van der Waals surface area contributed by atoms with E-state index in [-0.39, 0.29) is 18.1 Å². The van der Waals surface area contributed by atoms with Crippen LogP contribution >= 0.6 is 11.8 Å². The average Bonchev–Trinajstić information content (AvgIpc) is 2.96. The van der Waals surface area contributed by atoms with Crippen molar-refractivity contribution in [1.29, 1.82) is 0 Å². The monoisotopic (exact) mass is 258 g/mol. The van der Waals surface area contributed by atoms with Crippen LogP contribution in [0.1, 0.15) is 19.3 Å². The fraction of sp³-hybridized carbons (Fsp3) is 0.917. The first-order valence-corrected chi connectivity index (χ1v) is 7.50. The van der Waals surface area contributed by atoms with Crippen LogP contribution in [-0.4, -0.2) is 61.2 Å². The summed E-state index contributed by atoms with van der Waals surface area (Å²) in [4.78, 5) is 13.3. The van der Waals surface area contributed by atoms with E-state index in [2.05, 4.69) is 5.32 Å². The summed E-state index contributed by atoms with van der Waals surface area (Å²) in [6.07, 6.45) is 3.13. The highest BCUT2D eigenvalue weighted by molar-refractivity contribution is 7.99. The topological polar surface area (TPSA) is 41.6 Å². The second-order valence-corrected chi connectivity index (χ2v) is 6.18. The summed E-state index contributed by atoms with van der Waals surface area (Å²) >= 11 is 2.01. The maximum atomic E-state index is 11.7. The molecule has 0 aromatic carbocycles. The molecular weight excluding hydrogens is 236 g/mol. The summed E-state index contributed by atoms with van der Waals surface area (Å²) in [5, 5.41) is 3.54. The predicted molar refractivity (Wildman–Crippen MR) is 70.3 cm³/mol. The molecule has 1 N–H and O–H groups in total. The molecule has 0 radical (unpaired) electrons. The van der Waals surface area contributed by atoms with Crippen molar-refractivity contribution in [3.05, 3.63) is 0 Å². The van der Waals surface area contributed by atoms with Crippen LogP contribution in [0.15, 0.2) is 0 Å². The zero-order valence-corrected chi connectivity index (χ0v) is 11.5. The van der Waals surface area contributed by atoms with E-state index in [0.717, 1.165) is 19.4 Å². The third-order valence-corrected chi connectivity index (χ3v) is 4.55. The number of carbonyl (C=O) groups is 1. The minimum Gasteiger partial charge on any atom is -0.364 e. The van der Waals surface area contributed by atoms with Gasteiger partial charge in [-0.2, -0.15) is 11.8 Å². The number of nitrogens with one attached hydrogen (secondary N) is 1. The molecule has 4 nitrogen and oxygen atoms in total. The fourth-order valence-electron chi connectivity index (χ4n) is 2.32. The molecule has 2 aliphatic heterocycles. The van der Waals surface area contributed by atoms with Crippen LogP contribution in [0.5, 0.6) is 0 Å². The second-order valence-electron chi connectivity index (χ2n) is 5.03. The Balaban J connectivity index is 1.68. The number of thioether (sulfide) groups is 1. The van der Waals surface area contributed by atoms with Gasteiger partial charge in [-0.25, -0.2) is 0 Å². The molecule has 0 bridgehead atoms. The molecule has 0 unspecified atom stereocenters. The summed E-state index contributed by atoms with van der Waals surface area (Å²) in [5.74, 6) is 2.58. The molecule has 2 aliphatic rings. The largest absolute Gasteiger partial charge is 0.364 e. The highest BCUT2D eigenvalue weighted by Crippen LogP contribution is 2.22. The Morgan fingerprint density at radius 2 is 2.24 bits per heavy atom. The number of amides is 1. The first-order valence-electron chi connectivity index (χ1n) is 6.34. The quantitative estimate of drug-likeness (QED) is 0.807. The van der Waals surface area contributed by atoms with Gasteiger partial charge < -0.3 is 15.0 Å². The lowest BCUT2D eigenvalue weighted by Crippen LogP contribution is -2.37.